The third-order valence-electron chi connectivity index (χ3n) is 6.33. The fourth-order valence-electron chi connectivity index (χ4n) is 3.99. The predicted octanol–water partition coefficient (Wildman–Crippen LogP) is 2.05. The summed E-state index contributed by atoms with van der Waals surface area (Å²) in [6.45, 7) is -0.817. The van der Waals surface area contributed by atoms with Gasteiger partial charge < -0.3 is 25.4 Å². The van der Waals surface area contributed by atoms with Gasteiger partial charge in [0.25, 0.3) is 11.8 Å². The molecule has 18 heteroatoms. The summed E-state index contributed by atoms with van der Waals surface area (Å²) < 4.78 is 84.7. The van der Waals surface area contributed by atoms with Crippen molar-refractivity contribution in [3.05, 3.63) is 41.1 Å². The van der Waals surface area contributed by atoms with E-state index in [1.165, 1.54) is 30.1 Å². The Morgan fingerprint density at radius 2 is 2.00 bits per heavy atom. The number of fused-ring (bicyclic) bond motifs is 1. The van der Waals surface area contributed by atoms with Crippen LogP contribution in [0, 0.1) is 0 Å². The summed E-state index contributed by atoms with van der Waals surface area (Å²) in [5, 5.41) is 13.4. The maximum Gasteiger partial charge on any atom is 0.416 e. The summed E-state index contributed by atoms with van der Waals surface area (Å²) in [5.41, 5.74) is 2.60. The zero-order valence-corrected chi connectivity index (χ0v) is 21.4. The van der Waals surface area contributed by atoms with Crippen molar-refractivity contribution < 1.29 is 45.6 Å². The Bertz CT molecular complexity index is 1390. The number of carbonyl (C=O) groups excluding carboxylic acids is 2. The Morgan fingerprint density at radius 3 is 2.65 bits per heavy atom. The molecule has 1 aliphatic heterocycles. The summed E-state index contributed by atoms with van der Waals surface area (Å²) in [6.07, 6.45) is -2.07. The summed E-state index contributed by atoms with van der Waals surface area (Å²) in [5.74, 6) is -5.43. The van der Waals surface area contributed by atoms with Crippen molar-refractivity contribution in [3.63, 3.8) is 0 Å². The third kappa shape index (κ3) is 5.81. The van der Waals surface area contributed by atoms with Gasteiger partial charge in [0.05, 0.1) is 56.4 Å². The van der Waals surface area contributed by atoms with E-state index in [0.29, 0.717) is 5.56 Å². The number of aromatic nitrogens is 5. The third-order valence-corrected chi connectivity index (χ3v) is 6.33. The van der Waals surface area contributed by atoms with Crippen LogP contribution in [0.2, 0.25) is 0 Å². The minimum absolute atomic E-state index is 0.0614. The number of ether oxygens (including phenoxy) is 2. The van der Waals surface area contributed by atoms with Crippen molar-refractivity contribution in [3.8, 4) is 0 Å². The van der Waals surface area contributed by atoms with E-state index in [9.17, 15) is 31.5 Å². The average Bonchev–Trinajstić information content (AvgIpc) is 3.51. The van der Waals surface area contributed by atoms with Crippen LogP contribution in [-0.4, -0.2) is 92.9 Å². The maximum atomic E-state index is 14.1. The predicted molar refractivity (Wildman–Crippen MR) is 123 cm³/mol. The van der Waals surface area contributed by atoms with E-state index in [0.717, 1.165) is 18.7 Å². The van der Waals surface area contributed by atoms with Gasteiger partial charge >= 0.3 is 12.2 Å². The summed E-state index contributed by atoms with van der Waals surface area (Å²) in [4.78, 5) is 29.6. The summed E-state index contributed by atoms with van der Waals surface area (Å²) in [6, 6.07) is -0.242. The number of nitrogens with one attached hydrogen (secondary N) is 1. The van der Waals surface area contributed by atoms with Crippen LogP contribution < -0.4 is 11.1 Å². The first kappa shape index (κ1) is 29.1. The number of nitrogens with two attached hydrogens (primary N) is 1. The molecule has 3 aromatic rings. The molecule has 0 aliphatic carbocycles. The number of primary amides is 1. The molecule has 13 nitrogen and oxygen atoms in total. The molecule has 4 rings (SSSR count). The second-order valence-electron chi connectivity index (χ2n) is 9.61. The Kier molecular flexibility index (Phi) is 7.68. The van der Waals surface area contributed by atoms with Crippen LogP contribution in [0.5, 0.6) is 0 Å². The molecule has 3 N–H and O–H groups in total. The monoisotopic (exact) mass is 576 g/mol. The maximum absolute atomic E-state index is 14.1. The number of nitrogens with zero attached hydrogens (tertiary/aromatic N) is 6. The molecule has 40 heavy (non-hydrogen) atoms. The van der Waals surface area contributed by atoms with Crippen LogP contribution in [0.4, 0.5) is 26.7 Å². The highest BCUT2D eigenvalue weighted by atomic mass is 19.4. The smallest absolute Gasteiger partial charge is 0.382 e. The Labute approximate surface area is 222 Å². The number of hydrogen-bond donors (Lipinski definition) is 2. The second-order valence-corrected chi connectivity index (χ2v) is 9.61. The first-order chi connectivity index (χ1) is 18.6. The van der Waals surface area contributed by atoms with E-state index in [2.05, 4.69) is 30.3 Å². The highest BCUT2D eigenvalue weighted by molar-refractivity contribution is 5.91. The van der Waals surface area contributed by atoms with Gasteiger partial charge in [-0.2, -0.15) is 18.3 Å². The molecule has 3 amide bonds. The van der Waals surface area contributed by atoms with Crippen LogP contribution in [0.3, 0.4) is 0 Å². The van der Waals surface area contributed by atoms with Crippen LogP contribution in [0.1, 0.15) is 53.2 Å². The number of urea groups is 1. The number of alkyl halides is 5. The van der Waals surface area contributed by atoms with Crippen LogP contribution >= 0.6 is 0 Å². The van der Waals surface area contributed by atoms with E-state index < -0.39 is 67.0 Å². The molecule has 1 fully saturated rings. The van der Waals surface area contributed by atoms with Gasteiger partial charge in [-0.25, -0.2) is 27.7 Å². The standard InChI is InChI=1S/C22H25F5N8O5/c1-20(2,22(25,26)27)39-7-12(16-17(18(28)36)33-40-32-16)13-6-35-15(31-13)4-11(5-30-35)14(8-38-3)34-10-21(23,24)9-29-19(34)37/h4-6,12,14H,7-10H2,1-3H3,(H2,28,36)(H,29,37)/t12-,14-/m1/s1. The van der Waals surface area contributed by atoms with Crippen molar-refractivity contribution in [1.82, 2.24) is 35.1 Å². The first-order valence-electron chi connectivity index (χ1n) is 11.7. The van der Waals surface area contributed by atoms with Gasteiger partial charge in [0, 0.05) is 12.7 Å². The number of imidazole rings is 1. The molecule has 0 bridgehead atoms. The molecule has 1 saturated heterocycles. The van der Waals surface area contributed by atoms with E-state index in [1.807, 2.05) is 0 Å². The molecule has 4 heterocycles. The van der Waals surface area contributed by atoms with Gasteiger partial charge in [0.1, 0.15) is 5.69 Å². The highest BCUT2D eigenvalue weighted by Gasteiger charge is 2.49. The molecule has 0 unspecified atom stereocenters. The van der Waals surface area contributed by atoms with Gasteiger partial charge in [-0.15, -0.1) is 0 Å². The first-order valence-corrected chi connectivity index (χ1v) is 11.7. The van der Waals surface area contributed by atoms with Crippen molar-refractivity contribution >= 4 is 17.6 Å². The fourth-order valence-corrected chi connectivity index (χ4v) is 3.99. The molecule has 2 atom stereocenters. The average molecular weight is 576 g/mol. The minimum atomic E-state index is -4.73. The number of rotatable bonds is 10. The van der Waals surface area contributed by atoms with Gasteiger partial charge in [-0.05, 0) is 25.1 Å². The normalized spacial score (nSPS) is 17.6. The number of amides is 3. The zero-order chi connectivity index (χ0) is 29.5. The molecule has 0 aromatic carbocycles. The molecule has 0 radical (unpaired) electrons. The van der Waals surface area contributed by atoms with E-state index >= 15 is 0 Å². The zero-order valence-electron chi connectivity index (χ0n) is 21.4. The number of hydrogen-bond acceptors (Lipinski definition) is 9. The molecule has 218 valence electrons. The summed E-state index contributed by atoms with van der Waals surface area (Å²) in [7, 11) is 1.34. The van der Waals surface area contributed by atoms with E-state index in [4.69, 9.17) is 15.2 Å². The topological polar surface area (TPSA) is 163 Å². The lowest BCUT2D eigenvalue weighted by atomic mass is 10.00. The van der Waals surface area contributed by atoms with Crippen molar-refractivity contribution in [2.45, 2.75) is 43.5 Å². The number of halogens is 5. The van der Waals surface area contributed by atoms with E-state index in [-0.39, 0.29) is 23.6 Å². The highest BCUT2D eigenvalue weighted by Crippen LogP contribution is 2.36. The lowest BCUT2D eigenvalue weighted by Crippen LogP contribution is -2.58. The van der Waals surface area contributed by atoms with Gasteiger partial charge in [-0.3, -0.25) is 4.79 Å². The van der Waals surface area contributed by atoms with Crippen molar-refractivity contribution in [2.24, 2.45) is 5.73 Å². The van der Waals surface area contributed by atoms with Crippen molar-refractivity contribution in [1.29, 1.82) is 0 Å². The molecular weight excluding hydrogens is 551 g/mol. The lowest BCUT2D eigenvalue weighted by molar-refractivity contribution is -0.264. The molecular formula is C22H25F5N8O5. The fraction of sp³-hybridized carbons (Fsp3) is 0.545. The van der Waals surface area contributed by atoms with Gasteiger partial charge in [0.15, 0.2) is 16.9 Å². The largest absolute Gasteiger partial charge is 0.416 e. The van der Waals surface area contributed by atoms with Crippen LogP contribution in [-0.2, 0) is 9.47 Å². The molecule has 3 aromatic heterocycles. The molecule has 0 saturated carbocycles. The second kappa shape index (κ2) is 10.6. The SMILES string of the molecule is COC[C@H](c1cnn2cc([C@@H](COC(C)(C)C(F)(F)F)c3nonc3C(N)=O)nc2c1)N1CC(F)(F)CNC1=O. The van der Waals surface area contributed by atoms with Crippen LogP contribution in [0.25, 0.3) is 5.65 Å². The number of carbonyl (C=O) groups is 2. The Morgan fingerprint density at radius 1 is 1.27 bits per heavy atom. The van der Waals surface area contributed by atoms with Gasteiger partial charge in [-0.1, -0.05) is 5.16 Å². The Hall–Kier alpha value is -3.93. The molecule has 1 aliphatic rings. The van der Waals surface area contributed by atoms with E-state index in [1.54, 1.807) is 0 Å². The lowest BCUT2D eigenvalue weighted by Gasteiger charge is -2.38. The number of methoxy groups -OCH3 is 1. The Balaban J connectivity index is 1.72. The summed E-state index contributed by atoms with van der Waals surface area (Å²) >= 11 is 0. The van der Waals surface area contributed by atoms with Gasteiger partial charge in [0.2, 0.25) is 0 Å². The quantitative estimate of drug-likeness (QED) is 0.344. The van der Waals surface area contributed by atoms with Crippen LogP contribution in [0.15, 0.2) is 23.1 Å². The van der Waals surface area contributed by atoms with Crippen molar-refractivity contribution in [2.75, 3.05) is 33.4 Å². The minimum Gasteiger partial charge on any atom is -0.382 e. The molecule has 0 spiro atoms.